The van der Waals surface area contributed by atoms with Crippen molar-refractivity contribution in [2.24, 2.45) is 0 Å². The van der Waals surface area contributed by atoms with Crippen molar-refractivity contribution in [1.82, 2.24) is 10.3 Å². The third kappa shape index (κ3) is 2.81. The van der Waals surface area contributed by atoms with Crippen LogP contribution in [0.2, 0.25) is 0 Å². The summed E-state index contributed by atoms with van der Waals surface area (Å²) in [6.07, 6.45) is 3.08. The van der Waals surface area contributed by atoms with Crippen molar-refractivity contribution in [3.05, 3.63) is 34.9 Å². The fraction of sp³-hybridized carbons (Fsp3) is 0.438. The van der Waals surface area contributed by atoms with E-state index in [1.807, 2.05) is 6.20 Å². The number of fused-ring (bicyclic) bond motifs is 1. The number of nitrogens with zero attached hydrogens (tertiary/aromatic N) is 2. The molecule has 20 heavy (non-hydrogen) atoms. The molecule has 0 radical (unpaired) electrons. The fourth-order valence-electron chi connectivity index (χ4n) is 2.96. The van der Waals surface area contributed by atoms with Crippen LogP contribution in [0.15, 0.2) is 34.9 Å². The van der Waals surface area contributed by atoms with Crippen LogP contribution in [-0.4, -0.2) is 30.2 Å². The molecule has 1 unspecified atom stereocenters. The molecule has 4 heteroatoms. The van der Waals surface area contributed by atoms with Gasteiger partial charge in [-0.3, -0.25) is 4.98 Å². The molecule has 1 aromatic heterocycles. The van der Waals surface area contributed by atoms with Crippen LogP contribution in [0.1, 0.15) is 20.3 Å². The Bertz CT molecular complexity index is 612. The maximum Gasteiger partial charge on any atom is 0.0936 e. The molecular formula is C16H20BrN3. The zero-order valence-electron chi connectivity index (χ0n) is 11.9. The highest BCUT2D eigenvalue weighted by Crippen LogP contribution is 2.29. The van der Waals surface area contributed by atoms with Crippen LogP contribution in [0.5, 0.6) is 0 Å². The molecule has 0 spiro atoms. The summed E-state index contributed by atoms with van der Waals surface area (Å²) in [5.74, 6) is 0. The lowest BCUT2D eigenvalue weighted by molar-refractivity contribution is 0.492. The van der Waals surface area contributed by atoms with E-state index in [0.717, 1.165) is 23.1 Å². The third-order valence-electron chi connectivity index (χ3n) is 3.75. The molecule has 0 saturated carbocycles. The average molecular weight is 334 g/mol. The van der Waals surface area contributed by atoms with E-state index in [-0.39, 0.29) is 0 Å². The molecule has 106 valence electrons. The van der Waals surface area contributed by atoms with Crippen LogP contribution in [0.3, 0.4) is 0 Å². The lowest BCUT2D eigenvalue weighted by Gasteiger charge is -2.21. The second kappa shape index (κ2) is 5.70. The van der Waals surface area contributed by atoms with Crippen LogP contribution in [0, 0.1) is 0 Å². The van der Waals surface area contributed by atoms with Crippen molar-refractivity contribution >= 4 is 32.5 Å². The summed E-state index contributed by atoms with van der Waals surface area (Å²) in [7, 11) is 0. The van der Waals surface area contributed by atoms with Gasteiger partial charge in [-0.05, 0) is 34.5 Å². The fourth-order valence-corrected chi connectivity index (χ4v) is 3.31. The number of nitrogens with one attached hydrogen (secondary N) is 1. The van der Waals surface area contributed by atoms with Gasteiger partial charge in [0.1, 0.15) is 0 Å². The number of hydrogen-bond donors (Lipinski definition) is 1. The largest absolute Gasteiger partial charge is 0.368 e. The summed E-state index contributed by atoms with van der Waals surface area (Å²) in [5, 5.41) is 4.82. The highest BCUT2D eigenvalue weighted by atomic mass is 79.9. The summed E-state index contributed by atoms with van der Waals surface area (Å²) in [4.78, 5) is 7.05. The van der Waals surface area contributed by atoms with E-state index in [1.54, 1.807) is 0 Å². The van der Waals surface area contributed by atoms with Gasteiger partial charge in [0.05, 0.1) is 11.2 Å². The molecule has 3 rings (SSSR count). The first-order valence-electron chi connectivity index (χ1n) is 7.19. The van der Waals surface area contributed by atoms with E-state index in [2.05, 4.69) is 69.2 Å². The molecule has 2 heterocycles. The minimum atomic E-state index is 0.543. The Morgan fingerprint density at radius 1 is 1.40 bits per heavy atom. The highest BCUT2D eigenvalue weighted by molar-refractivity contribution is 9.10. The monoisotopic (exact) mass is 333 g/mol. The Morgan fingerprint density at radius 2 is 2.25 bits per heavy atom. The first-order chi connectivity index (χ1) is 9.63. The van der Waals surface area contributed by atoms with Crippen molar-refractivity contribution in [3.8, 4) is 0 Å². The summed E-state index contributed by atoms with van der Waals surface area (Å²) in [6, 6.07) is 9.68. The van der Waals surface area contributed by atoms with Crippen molar-refractivity contribution < 1.29 is 0 Å². The van der Waals surface area contributed by atoms with Crippen LogP contribution in [0.25, 0.3) is 10.9 Å². The molecular weight excluding hydrogens is 314 g/mol. The number of aromatic nitrogens is 1. The van der Waals surface area contributed by atoms with Gasteiger partial charge < -0.3 is 10.2 Å². The van der Waals surface area contributed by atoms with E-state index in [1.165, 1.54) is 17.5 Å². The summed E-state index contributed by atoms with van der Waals surface area (Å²) < 4.78 is 1.03. The van der Waals surface area contributed by atoms with Crippen molar-refractivity contribution in [1.29, 1.82) is 0 Å². The van der Waals surface area contributed by atoms with Gasteiger partial charge in [-0.25, -0.2) is 0 Å². The van der Waals surface area contributed by atoms with Gasteiger partial charge in [-0.15, -0.1) is 0 Å². The molecule has 1 aliphatic heterocycles. The normalized spacial score (nSPS) is 19.2. The molecule has 0 bridgehead atoms. The molecule has 0 amide bonds. The Kier molecular flexibility index (Phi) is 3.94. The van der Waals surface area contributed by atoms with Gasteiger partial charge in [0, 0.05) is 41.2 Å². The molecule has 1 atom stereocenters. The smallest absolute Gasteiger partial charge is 0.0936 e. The lowest BCUT2D eigenvalue weighted by atomic mass is 10.2. The lowest BCUT2D eigenvalue weighted by Crippen LogP contribution is -2.37. The van der Waals surface area contributed by atoms with Crippen molar-refractivity contribution in [2.45, 2.75) is 32.4 Å². The van der Waals surface area contributed by atoms with Gasteiger partial charge in [0.15, 0.2) is 0 Å². The molecule has 1 saturated heterocycles. The summed E-state index contributed by atoms with van der Waals surface area (Å²) in [5.41, 5.74) is 2.35. The predicted octanol–water partition coefficient (Wildman–Crippen LogP) is 3.57. The minimum absolute atomic E-state index is 0.543. The molecule has 1 aliphatic rings. The number of halogens is 1. The SMILES string of the molecule is CC(C)NC1CCN(c2cccc3cc(Br)cnc23)C1. The molecule has 1 fully saturated rings. The molecule has 0 aliphatic carbocycles. The predicted molar refractivity (Wildman–Crippen MR) is 88.3 cm³/mol. The Morgan fingerprint density at radius 3 is 3.05 bits per heavy atom. The number of pyridine rings is 1. The van der Waals surface area contributed by atoms with E-state index < -0.39 is 0 Å². The van der Waals surface area contributed by atoms with Crippen LogP contribution in [0.4, 0.5) is 5.69 Å². The minimum Gasteiger partial charge on any atom is -0.368 e. The first-order valence-corrected chi connectivity index (χ1v) is 7.98. The topological polar surface area (TPSA) is 28.2 Å². The molecule has 1 aromatic carbocycles. The van der Waals surface area contributed by atoms with E-state index >= 15 is 0 Å². The van der Waals surface area contributed by atoms with Crippen molar-refractivity contribution in [2.75, 3.05) is 18.0 Å². The second-order valence-electron chi connectivity index (χ2n) is 5.76. The summed E-state index contributed by atoms with van der Waals surface area (Å²) in [6.45, 7) is 6.58. The standard InChI is InChI=1S/C16H20BrN3/c1-11(2)19-14-6-7-20(10-14)15-5-3-4-12-8-13(17)9-18-16(12)15/h3-5,8-9,11,14,19H,6-7,10H2,1-2H3. The number of para-hydroxylation sites is 1. The molecule has 1 N–H and O–H groups in total. The highest BCUT2D eigenvalue weighted by Gasteiger charge is 2.24. The van der Waals surface area contributed by atoms with E-state index in [9.17, 15) is 0 Å². The van der Waals surface area contributed by atoms with Gasteiger partial charge in [0.25, 0.3) is 0 Å². The Balaban J connectivity index is 1.88. The quantitative estimate of drug-likeness (QED) is 0.930. The van der Waals surface area contributed by atoms with Crippen molar-refractivity contribution in [3.63, 3.8) is 0 Å². The maximum absolute atomic E-state index is 4.60. The number of anilines is 1. The summed E-state index contributed by atoms with van der Waals surface area (Å²) >= 11 is 3.49. The van der Waals surface area contributed by atoms with E-state index in [4.69, 9.17) is 0 Å². The zero-order valence-corrected chi connectivity index (χ0v) is 13.5. The van der Waals surface area contributed by atoms with Gasteiger partial charge in [0.2, 0.25) is 0 Å². The zero-order chi connectivity index (χ0) is 14.1. The molecule has 2 aromatic rings. The Hall–Kier alpha value is -1.13. The van der Waals surface area contributed by atoms with Gasteiger partial charge in [-0.2, -0.15) is 0 Å². The number of hydrogen-bond acceptors (Lipinski definition) is 3. The number of benzene rings is 1. The van der Waals surface area contributed by atoms with Crippen LogP contribution < -0.4 is 10.2 Å². The third-order valence-corrected chi connectivity index (χ3v) is 4.19. The van der Waals surface area contributed by atoms with Gasteiger partial charge >= 0.3 is 0 Å². The maximum atomic E-state index is 4.60. The van der Waals surface area contributed by atoms with Crippen LogP contribution in [-0.2, 0) is 0 Å². The van der Waals surface area contributed by atoms with Gasteiger partial charge in [-0.1, -0.05) is 26.0 Å². The van der Waals surface area contributed by atoms with Crippen LogP contribution >= 0.6 is 15.9 Å². The average Bonchev–Trinajstić information content (AvgIpc) is 2.85. The number of rotatable bonds is 3. The Labute approximate surface area is 128 Å². The second-order valence-corrected chi connectivity index (χ2v) is 6.67. The van der Waals surface area contributed by atoms with E-state index in [0.29, 0.717) is 12.1 Å². The first kappa shape index (κ1) is 13.8. The molecule has 3 nitrogen and oxygen atoms in total.